The predicted molar refractivity (Wildman–Crippen MR) is 102 cm³/mol. The van der Waals surface area contributed by atoms with Gasteiger partial charge in [0.1, 0.15) is 22.8 Å². The van der Waals surface area contributed by atoms with Gasteiger partial charge in [-0.15, -0.1) is 0 Å². The van der Waals surface area contributed by atoms with Crippen molar-refractivity contribution in [2.45, 2.75) is 31.5 Å². The van der Waals surface area contributed by atoms with Gasteiger partial charge >= 0.3 is 0 Å². The van der Waals surface area contributed by atoms with Gasteiger partial charge in [-0.25, -0.2) is 0 Å². The second-order valence-corrected chi connectivity index (χ2v) is 8.34. The van der Waals surface area contributed by atoms with E-state index in [1.807, 2.05) is 0 Å². The fourth-order valence-corrected chi connectivity index (χ4v) is 5.20. The van der Waals surface area contributed by atoms with E-state index in [-0.39, 0.29) is 23.3 Å². The van der Waals surface area contributed by atoms with Crippen molar-refractivity contribution in [2.24, 2.45) is 23.5 Å². The maximum Gasteiger partial charge on any atom is 0.255 e. The number of rotatable bonds is 1. The topological polar surface area (TPSA) is 178 Å². The van der Waals surface area contributed by atoms with E-state index in [0.29, 0.717) is 0 Å². The summed E-state index contributed by atoms with van der Waals surface area (Å²) in [5.74, 6) is -8.73. The first kappa shape index (κ1) is 20.1. The molecule has 30 heavy (non-hydrogen) atoms. The van der Waals surface area contributed by atoms with Gasteiger partial charge in [0, 0.05) is 23.3 Å². The zero-order valence-corrected chi connectivity index (χ0v) is 16.2. The third-order valence-corrected chi connectivity index (χ3v) is 6.83. The van der Waals surface area contributed by atoms with E-state index in [1.54, 1.807) is 0 Å². The monoisotopic (exact) mass is 415 g/mol. The third kappa shape index (κ3) is 2.16. The summed E-state index contributed by atoms with van der Waals surface area (Å²) in [4.78, 5) is 37.8. The van der Waals surface area contributed by atoms with E-state index in [0.717, 1.165) is 0 Å². The quantitative estimate of drug-likeness (QED) is 0.355. The maximum atomic E-state index is 13.4. The van der Waals surface area contributed by atoms with Crippen molar-refractivity contribution >= 4 is 23.2 Å². The molecular formula is C21H21NO8. The Morgan fingerprint density at radius 3 is 2.40 bits per heavy atom. The first-order valence-electron chi connectivity index (χ1n) is 9.39. The van der Waals surface area contributed by atoms with E-state index in [9.17, 15) is 39.9 Å². The molecule has 3 unspecified atom stereocenters. The molecule has 0 spiro atoms. The lowest BCUT2D eigenvalue weighted by Gasteiger charge is -2.51. The smallest absolute Gasteiger partial charge is 0.255 e. The predicted octanol–water partition coefficient (Wildman–Crippen LogP) is 0.335. The van der Waals surface area contributed by atoms with Crippen molar-refractivity contribution in [3.63, 3.8) is 0 Å². The van der Waals surface area contributed by atoms with Crippen molar-refractivity contribution in [3.8, 4) is 5.75 Å². The average Bonchev–Trinajstić information content (AvgIpc) is 2.66. The summed E-state index contributed by atoms with van der Waals surface area (Å²) in [5.41, 5.74) is -0.480. The van der Waals surface area contributed by atoms with Crippen LogP contribution < -0.4 is 5.73 Å². The minimum absolute atomic E-state index is 0.160. The van der Waals surface area contributed by atoms with Gasteiger partial charge < -0.3 is 31.3 Å². The number of phenolic OH excluding ortho intramolecular Hbond substituents is 1. The van der Waals surface area contributed by atoms with Crippen LogP contribution in [0, 0.1) is 17.8 Å². The largest absolute Gasteiger partial charge is 0.508 e. The Morgan fingerprint density at radius 1 is 1.17 bits per heavy atom. The fourth-order valence-electron chi connectivity index (χ4n) is 5.20. The van der Waals surface area contributed by atoms with Crippen LogP contribution in [0.2, 0.25) is 0 Å². The zero-order valence-electron chi connectivity index (χ0n) is 16.2. The number of hydrogen-bond donors (Lipinski definition) is 6. The number of aliphatic hydroxyl groups excluding tert-OH is 2. The Kier molecular flexibility index (Phi) is 3.98. The molecule has 1 aromatic rings. The number of fused-ring (bicyclic) bond motifs is 3. The lowest BCUT2D eigenvalue weighted by atomic mass is 9.53. The molecule has 4 rings (SSSR count). The van der Waals surface area contributed by atoms with E-state index >= 15 is 0 Å². The highest BCUT2D eigenvalue weighted by Crippen LogP contribution is 2.57. The molecule has 5 atom stereocenters. The minimum atomic E-state index is -2.69. The highest BCUT2D eigenvalue weighted by molar-refractivity contribution is 6.23. The number of hydrogen-bond acceptors (Lipinski definition) is 8. The van der Waals surface area contributed by atoms with E-state index in [1.165, 1.54) is 32.0 Å². The Bertz CT molecular complexity index is 1100. The molecule has 0 radical (unpaired) electrons. The van der Waals surface area contributed by atoms with Crippen molar-refractivity contribution < 1.29 is 39.9 Å². The molecule has 9 heteroatoms. The molecule has 0 aromatic heterocycles. The standard InChI is InChI=1S/C21H21NO8/c1-7-9-6-10-13(16(25)12-8(20(10,2)29)4-3-5-11(12)23)17(26)21(9,30)18(27)14(15(7)24)19(22)28/h3-5,7,9-10,23,25,27,29-30H,6H2,1-2H3,(H2,22,28)/t7?,9?,10?,20-,21+/m1/s1. The third-order valence-electron chi connectivity index (χ3n) is 6.83. The van der Waals surface area contributed by atoms with Crippen LogP contribution in [0.3, 0.4) is 0 Å². The summed E-state index contributed by atoms with van der Waals surface area (Å²) < 4.78 is 0. The van der Waals surface area contributed by atoms with E-state index in [2.05, 4.69) is 0 Å². The lowest BCUT2D eigenvalue weighted by molar-refractivity contribution is -0.157. The van der Waals surface area contributed by atoms with Gasteiger partial charge in [-0.3, -0.25) is 14.4 Å². The van der Waals surface area contributed by atoms with Gasteiger partial charge in [0.15, 0.2) is 11.4 Å². The first-order chi connectivity index (χ1) is 13.9. The number of carbonyl (C=O) groups excluding carboxylic acids is 3. The number of ketones is 2. The van der Waals surface area contributed by atoms with Gasteiger partial charge in [0.2, 0.25) is 5.78 Å². The van der Waals surface area contributed by atoms with Crippen molar-refractivity contribution in [2.75, 3.05) is 0 Å². The summed E-state index contributed by atoms with van der Waals surface area (Å²) in [6.45, 7) is 2.80. The molecule has 0 heterocycles. The molecule has 0 saturated heterocycles. The molecule has 3 aliphatic rings. The highest BCUT2D eigenvalue weighted by Gasteiger charge is 2.65. The normalized spacial score (nSPS) is 35.7. The van der Waals surface area contributed by atoms with Gasteiger partial charge in [0.25, 0.3) is 5.91 Å². The number of aromatic hydroxyl groups is 1. The Hall–Kier alpha value is -3.17. The summed E-state index contributed by atoms with van der Waals surface area (Å²) in [6, 6.07) is 4.23. The minimum Gasteiger partial charge on any atom is -0.508 e. The summed E-state index contributed by atoms with van der Waals surface area (Å²) >= 11 is 0. The molecule has 7 N–H and O–H groups in total. The molecule has 1 fully saturated rings. The lowest BCUT2D eigenvalue weighted by Crippen LogP contribution is -2.62. The van der Waals surface area contributed by atoms with Crippen LogP contribution in [0.5, 0.6) is 5.75 Å². The first-order valence-corrected chi connectivity index (χ1v) is 9.39. The SMILES string of the molecule is CC1C(=O)C(C(N)=O)=C(O)[C@@]2(O)C(=O)C3=C(O)c4c(O)cccc4[C@@](C)(O)C3CC12. The van der Waals surface area contributed by atoms with Crippen LogP contribution in [0.4, 0.5) is 0 Å². The number of amides is 1. The Balaban J connectivity index is 2.04. The number of primary amides is 1. The molecule has 3 aliphatic carbocycles. The second kappa shape index (κ2) is 5.93. The highest BCUT2D eigenvalue weighted by atomic mass is 16.3. The number of carbonyl (C=O) groups is 3. The van der Waals surface area contributed by atoms with Crippen molar-refractivity contribution in [3.05, 3.63) is 46.2 Å². The average molecular weight is 415 g/mol. The number of nitrogens with two attached hydrogens (primary N) is 1. The number of aliphatic hydroxyl groups is 4. The summed E-state index contributed by atoms with van der Waals surface area (Å²) in [7, 11) is 0. The van der Waals surface area contributed by atoms with Crippen molar-refractivity contribution in [1.29, 1.82) is 0 Å². The van der Waals surface area contributed by atoms with Gasteiger partial charge in [-0.2, -0.15) is 0 Å². The van der Waals surface area contributed by atoms with Gasteiger partial charge in [-0.1, -0.05) is 19.1 Å². The van der Waals surface area contributed by atoms with Crippen LogP contribution in [0.15, 0.2) is 35.1 Å². The molecule has 158 valence electrons. The maximum absolute atomic E-state index is 13.4. The molecule has 9 nitrogen and oxygen atoms in total. The Morgan fingerprint density at radius 2 is 1.80 bits per heavy atom. The molecule has 0 bridgehead atoms. The van der Waals surface area contributed by atoms with Gasteiger partial charge in [0.05, 0.1) is 11.2 Å². The Labute approximate surface area is 170 Å². The van der Waals surface area contributed by atoms with Crippen molar-refractivity contribution in [1.82, 2.24) is 0 Å². The van der Waals surface area contributed by atoms with Crippen LogP contribution >= 0.6 is 0 Å². The van der Waals surface area contributed by atoms with Gasteiger partial charge in [-0.05, 0) is 25.0 Å². The van der Waals surface area contributed by atoms with E-state index < -0.39 is 69.1 Å². The fraction of sp³-hybridized carbons (Fsp3) is 0.381. The summed E-state index contributed by atoms with van der Waals surface area (Å²) in [6.07, 6.45) is -0.160. The summed E-state index contributed by atoms with van der Waals surface area (Å²) in [5, 5.41) is 54.2. The van der Waals surface area contributed by atoms with Crippen LogP contribution in [0.1, 0.15) is 31.4 Å². The molecule has 0 aliphatic heterocycles. The zero-order chi connectivity index (χ0) is 22.3. The van der Waals surface area contributed by atoms with Crippen LogP contribution in [0.25, 0.3) is 5.76 Å². The van der Waals surface area contributed by atoms with Crippen LogP contribution in [-0.4, -0.2) is 48.6 Å². The van der Waals surface area contributed by atoms with E-state index in [4.69, 9.17) is 5.73 Å². The number of benzene rings is 1. The molecule has 1 saturated carbocycles. The molecular weight excluding hydrogens is 394 g/mol. The number of Topliss-reactive ketones (excluding diaryl/α,β-unsaturated/α-hetero) is 2. The second-order valence-electron chi connectivity index (χ2n) is 8.34. The molecule has 1 amide bonds. The molecule has 1 aromatic carbocycles. The van der Waals surface area contributed by atoms with Crippen LogP contribution in [-0.2, 0) is 20.0 Å². The number of phenols is 1.